The Hall–Kier alpha value is -2.64. The van der Waals surface area contributed by atoms with Gasteiger partial charge >= 0.3 is 11.8 Å². The van der Waals surface area contributed by atoms with Gasteiger partial charge < -0.3 is 0 Å². The van der Waals surface area contributed by atoms with Crippen molar-refractivity contribution in [3.63, 3.8) is 0 Å². The number of rotatable bonds is 5. The van der Waals surface area contributed by atoms with Crippen molar-refractivity contribution in [1.29, 1.82) is 0 Å². The van der Waals surface area contributed by atoms with E-state index < -0.39 is 46.2 Å². The maximum atomic E-state index is 13.9. The van der Waals surface area contributed by atoms with Gasteiger partial charge in [0.1, 0.15) is 11.6 Å². The van der Waals surface area contributed by atoms with Crippen molar-refractivity contribution >= 4 is 11.6 Å². The van der Waals surface area contributed by atoms with Gasteiger partial charge in [0.05, 0.1) is 0 Å². The first-order valence-corrected chi connectivity index (χ1v) is 6.43. The van der Waals surface area contributed by atoms with Crippen LogP contribution >= 0.6 is 0 Å². The minimum atomic E-state index is -5.36. The summed E-state index contributed by atoms with van der Waals surface area (Å²) >= 11 is 0. The molecular formula is C16H8F6O2. The van der Waals surface area contributed by atoms with E-state index in [0.717, 1.165) is 0 Å². The number of hydrogen-bond acceptors (Lipinski definition) is 2. The lowest BCUT2D eigenvalue weighted by atomic mass is 9.94. The van der Waals surface area contributed by atoms with E-state index in [1.54, 1.807) is 0 Å². The van der Waals surface area contributed by atoms with Crippen LogP contribution < -0.4 is 0 Å². The van der Waals surface area contributed by atoms with E-state index in [4.69, 9.17) is 0 Å². The van der Waals surface area contributed by atoms with Crippen LogP contribution in [0.2, 0.25) is 0 Å². The van der Waals surface area contributed by atoms with Crippen LogP contribution in [0.3, 0.4) is 0 Å². The molecule has 0 N–H and O–H groups in total. The highest BCUT2D eigenvalue weighted by Crippen LogP contribution is 2.39. The number of Topliss-reactive ketones (excluding diaryl/α,β-unsaturated/α-hetero) is 2. The molecule has 2 aromatic rings. The van der Waals surface area contributed by atoms with Gasteiger partial charge in [0.2, 0.25) is 11.6 Å². The molecule has 0 saturated heterocycles. The first kappa shape index (κ1) is 17.7. The third-order valence-corrected chi connectivity index (χ3v) is 3.18. The van der Waals surface area contributed by atoms with Crippen molar-refractivity contribution < 1.29 is 35.9 Å². The fourth-order valence-electron chi connectivity index (χ4n) is 1.85. The van der Waals surface area contributed by atoms with Crippen molar-refractivity contribution in [2.24, 2.45) is 0 Å². The van der Waals surface area contributed by atoms with Crippen molar-refractivity contribution in [2.75, 3.05) is 0 Å². The quantitative estimate of drug-likeness (QED) is 0.598. The Labute approximate surface area is 131 Å². The van der Waals surface area contributed by atoms with Gasteiger partial charge in [0.25, 0.3) is 0 Å². The lowest BCUT2D eigenvalue weighted by Gasteiger charge is -2.24. The van der Waals surface area contributed by atoms with Crippen molar-refractivity contribution in [3.8, 4) is 0 Å². The molecule has 0 aliphatic heterocycles. The predicted molar refractivity (Wildman–Crippen MR) is 71.4 cm³/mol. The molecule has 2 nitrogen and oxygen atoms in total. The lowest BCUT2D eigenvalue weighted by Crippen LogP contribution is -2.52. The van der Waals surface area contributed by atoms with Gasteiger partial charge in [-0.15, -0.1) is 0 Å². The SMILES string of the molecule is O=C(c1ccc(F)cc1)C(F)(F)C(F)(F)C(=O)c1ccc(F)cc1. The molecule has 0 aromatic heterocycles. The number of carbonyl (C=O) groups is 2. The van der Waals surface area contributed by atoms with Gasteiger partial charge in [0.15, 0.2) is 0 Å². The van der Waals surface area contributed by atoms with Crippen LogP contribution in [0.4, 0.5) is 26.3 Å². The first-order chi connectivity index (χ1) is 11.1. The lowest BCUT2D eigenvalue weighted by molar-refractivity contribution is -0.147. The van der Waals surface area contributed by atoms with E-state index in [0.29, 0.717) is 48.5 Å². The zero-order valence-electron chi connectivity index (χ0n) is 11.7. The van der Waals surface area contributed by atoms with E-state index in [2.05, 4.69) is 0 Å². The van der Waals surface area contributed by atoms with E-state index >= 15 is 0 Å². The second-order valence-corrected chi connectivity index (χ2v) is 4.82. The third kappa shape index (κ3) is 3.04. The number of ketones is 2. The van der Waals surface area contributed by atoms with Gasteiger partial charge in [-0.3, -0.25) is 9.59 Å². The monoisotopic (exact) mass is 346 g/mol. The van der Waals surface area contributed by atoms with E-state index in [-0.39, 0.29) is 0 Å². The molecule has 126 valence electrons. The van der Waals surface area contributed by atoms with Crippen LogP contribution in [0.1, 0.15) is 20.7 Å². The number of halogens is 6. The molecule has 0 amide bonds. The summed E-state index contributed by atoms with van der Waals surface area (Å²) in [5, 5.41) is 0. The molecular weight excluding hydrogens is 338 g/mol. The molecule has 8 heteroatoms. The maximum Gasteiger partial charge on any atom is 0.379 e. The van der Waals surface area contributed by atoms with Gasteiger partial charge in [-0.25, -0.2) is 8.78 Å². The van der Waals surface area contributed by atoms with Crippen LogP contribution in [0.25, 0.3) is 0 Å². The van der Waals surface area contributed by atoms with Crippen molar-refractivity contribution in [1.82, 2.24) is 0 Å². The number of alkyl halides is 4. The summed E-state index contributed by atoms with van der Waals surface area (Å²) in [6.07, 6.45) is 0. The minimum Gasteiger partial charge on any atom is -0.287 e. The van der Waals surface area contributed by atoms with Crippen LogP contribution in [-0.4, -0.2) is 23.4 Å². The highest BCUT2D eigenvalue weighted by molar-refractivity contribution is 6.10. The van der Waals surface area contributed by atoms with Gasteiger partial charge in [-0.1, -0.05) is 0 Å². The molecule has 0 aliphatic carbocycles. The molecule has 24 heavy (non-hydrogen) atoms. The summed E-state index contributed by atoms with van der Waals surface area (Å²) in [5.74, 6) is -17.1. The summed E-state index contributed by atoms with van der Waals surface area (Å²) in [5.41, 5.74) is -1.76. The number of hydrogen-bond donors (Lipinski definition) is 0. The Kier molecular flexibility index (Phi) is 4.50. The summed E-state index contributed by atoms with van der Waals surface area (Å²) in [6, 6.07) is 4.97. The Morgan fingerprint density at radius 2 is 0.833 bits per heavy atom. The smallest absolute Gasteiger partial charge is 0.287 e. The van der Waals surface area contributed by atoms with Gasteiger partial charge in [-0.05, 0) is 48.5 Å². The van der Waals surface area contributed by atoms with Crippen molar-refractivity contribution in [3.05, 3.63) is 71.3 Å². The number of carbonyl (C=O) groups excluding carboxylic acids is 2. The van der Waals surface area contributed by atoms with E-state index in [1.807, 2.05) is 0 Å². The highest BCUT2D eigenvalue weighted by atomic mass is 19.3. The Morgan fingerprint density at radius 1 is 0.583 bits per heavy atom. The predicted octanol–water partition coefficient (Wildman–Crippen LogP) is 4.30. The molecule has 0 bridgehead atoms. The standard InChI is InChI=1S/C16H8F6O2/c17-11-5-1-9(2-6-11)13(23)15(19,20)16(21,22)14(24)10-3-7-12(18)8-4-10/h1-8H. The Balaban J connectivity index is 2.37. The normalized spacial score (nSPS) is 12.1. The fourth-order valence-corrected chi connectivity index (χ4v) is 1.85. The van der Waals surface area contributed by atoms with Crippen molar-refractivity contribution in [2.45, 2.75) is 11.8 Å². The molecule has 0 saturated carbocycles. The average Bonchev–Trinajstić information content (AvgIpc) is 2.54. The summed E-state index contributed by atoms with van der Waals surface area (Å²) in [4.78, 5) is 23.3. The zero-order valence-corrected chi connectivity index (χ0v) is 11.7. The average molecular weight is 346 g/mol. The van der Waals surface area contributed by atoms with Crippen LogP contribution in [0.15, 0.2) is 48.5 Å². The molecule has 0 fully saturated rings. The zero-order chi connectivity index (χ0) is 18.1. The third-order valence-electron chi connectivity index (χ3n) is 3.18. The molecule has 0 atom stereocenters. The second-order valence-electron chi connectivity index (χ2n) is 4.82. The molecule has 0 radical (unpaired) electrons. The van der Waals surface area contributed by atoms with E-state index in [1.165, 1.54) is 0 Å². The summed E-state index contributed by atoms with van der Waals surface area (Å²) in [6.45, 7) is 0. The molecule has 2 aromatic carbocycles. The summed E-state index contributed by atoms with van der Waals surface area (Å²) < 4.78 is 81.1. The molecule has 0 spiro atoms. The van der Waals surface area contributed by atoms with Gasteiger partial charge in [0, 0.05) is 11.1 Å². The summed E-state index contributed by atoms with van der Waals surface area (Å²) in [7, 11) is 0. The maximum absolute atomic E-state index is 13.9. The first-order valence-electron chi connectivity index (χ1n) is 6.43. The Morgan fingerprint density at radius 3 is 1.08 bits per heavy atom. The molecule has 0 aliphatic rings. The van der Waals surface area contributed by atoms with Gasteiger partial charge in [-0.2, -0.15) is 17.6 Å². The topological polar surface area (TPSA) is 34.1 Å². The van der Waals surface area contributed by atoms with Crippen LogP contribution in [0.5, 0.6) is 0 Å². The molecule has 0 heterocycles. The molecule has 0 unspecified atom stereocenters. The molecule has 2 rings (SSSR count). The number of benzene rings is 2. The highest BCUT2D eigenvalue weighted by Gasteiger charge is 2.66. The van der Waals surface area contributed by atoms with Crippen LogP contribution in [0, 0.1) is 11.6 Å². The van der Waals surface area contributed by atoms with E-state index in [9.17, 15) is 35.9 Å². The largest absolute Gasteiger partial charge is 0.379 e. The second kappa shape index (κ2) is 6.10. The minimum absolute atomic E-state index is 0.601. The van der Waals surface area contributed by atoms with Crippen LogP contribution in [-0.2, 0) is 0 Å². The Bertz CT molecular complexity index is 699. The fraction of sp³-hybridized carbons (Fsp3) is 0.125.